The molecular weight excluding hydrogens is 522 g/mol. The van der Waals surface area contributed by atoms with Crippen molar-refractivity contribution in [3.63, 3.8) is 0 Å². The highest BCUT2D eigenvalue weighted by molar-refractivity contribution is 6.31. The molecule has 14 heteroatoms. The van der Waals surface area contributed by atoms with Crippen LogP contribution in [0, 0.1) is 5.82 Å². The van der Waals surface area contributed by atoms with Crippen LogP contribution in [0.4, 0.5) is 33.9 Å². The van der Waals surface area contributed by atoms with E-state index in [4.69, 9.17) is 22.1 Å². The zero-order valence-electron chi connectivity index (χ0n) is 18.8. The van der Waals surface area contributed by atoms with E-state index in [1.54, 1.807) is 0 Å². The Balaban J connectivity index is 1.37. The number of hydrogen-bond acceptors (Lipinski definition) is 6. The second-order valence-electron chi connectivity index (χ2n) is 8.51. The van der Waals surface area contributed by atoms with Crippen molar-refractivity contribution in [3.05, 3.63) is 58.9 Å². The van der Waals surface area contributed by atoms with E-state index in [2.05, 4.69) is 15.2 Å². The number of halogens is 5. The standard InChI is InChI=1S/C23H18ClF4N5O4/c24-13-5-6-14-19(20(13)25)22(37-21(35)30-14)7-8-32(11-22)18(34)10-33-17(29)9-15(31-33)12-3-1-2-4-16(12)36-23(26,27)28/h1-6,9H,7-8,10-11,29H2,(H,30,35)/t22-/m0/s1. The number of amides is 2. The molecule has 0 bridgehead atoms. The summed E-state index contributed by atoms with van der Waals surface area (Å²) in [4.78, 5) is 26.6. The molecule has 2 aliphatic heterocycles. The number of aromatic nitrogens is 2. The molecule has 1 atom stereocenters. The first-order chi connectivity index (χ1) is 17.5. The minimum atomic E-state index is -4.91. The molecular formula is C23H18ClF4N5O4. The van der Waals surface area contributed by atoms with Gasteiger partial charge in [-0.3, -0.25) is 10.1 Å². The van der Waals surface area contributed by atoms with E-state index in [0.29, 0.717) is 0 Å². The average Bonchev–Trinajstić information content (AvgIpc) is 3.39. The Bertz CT molecular complexity index is 1410. The Morgan fingerprint density at radius 1 is 1.27 bits per heavy atom. The lowest BCUT2D eigenvalue weighted by Crippen LogP contribution is -2.44. The lowest BCUT2D eigenvalue weighted by atomic mass is 9.89. The van der Waals surface area contributed by atoms with E-state index in [1.807, 2.05) is 0 Å². The molecule has 2 aromatic carbocycles. The highest BCUT2D eigenvalue weighted by Gasteiger charge is 2.50. The van der Waals surface area contributed by atoms with E-state index in [0.717, 1.165) is 10.7 Å². The largest absolute Gasteiger partial charge is 0.573 e. The quantitative estimate of drug-likeness (QED) is 0.472. The van der Waals surface area contributed by atoms with Crippen LogP contribution in [0.2, 0.25) is 5.02 Å². The van der Waals surface area contributed by atoms with Crippen molar-refractivity contribution in [2.45, 2.75) is 24.9 Å². The van der Waals surface area contributed by atoms with Crippen molar-refractivity contribution in [2.75, 3.05) is 24.1 Å². The van der Waals surface area contributed by atoms with E-state index < -0.39 is 35.5 Å². The monoisotopic (exact) mass is 539 g/mol. The Kier molecular flexibility index (Phi) is 5.89. The third kappa shape index (κ3) is 4.61. The number of ether oxygens (including phenoxy) is 2. The molecule has 3 N–H and O–H groups in total. The molecule has 194 valence electrons. The second-order valence-corrected chi connectivity index (χ2v) is 8.92. The van der Waals surface area contributed by atoms with Crippen molar-refractivity contribution in [3.8, 4) is 17.0 Å². The summed E-state index contributed by atoms with van der Waals surface area (Å²) < 4.78 is 64.0. The molecule has 3 heterocycles. The van der Waals surface area contributed by atoms with Gasteiger partial charge in [-0.1, -0.05) is 23.7 Å². The maximum absolute atomic E-state index is 15.0. The Labute approximate surface area is 211 Å². The summed E-state index contributed by atoms with van der Waals surface area (Å²) >= 11 is 5.95. The van der Waals surface area contributed by atoms with E-state index in [-0.39, 0.29) is 59.4 Å². The van der Waals surface area contributed by atoms with Gasteiger partial charge in [0.2, 0.25) is 5.91 Å². The fraction of sp³-hybridized carbons (Fsp3) is 0.261. The molecule has 1 spiro atoms. The minimum absolute atomic E-state index is 0.0236. The minimum Gasteiger partial charge on any atom is -0.436 e. The maximum Gasteiger partial charge on any atom is 0.573 e. The highest BCUT2D eigenvalue weighted by atomic mass is 35.5. The molecule has 0 saturated carbocycles. The van der Waals surface area contributed by atoms with Gasteiger partial charge in [0, 0.05) is 24.6 Å². The summed E-state index contributed by atoms with van der Waals surface area (Å²) in [5, 5.41) is 6.46. The number of carbonyl (C=O) groups excluding carboxylic acids is 2. The number of fused-ring (bicyclic) bond motifs is 2. The average molecular weight is 540 g/mol. The van der Waals surface area contributed by atoms with Gasteiger partial charge in [0.15, 0.2) is 11.4 Å². The fourth-order valence-electron chi connectivity index (χ4n) is 4.56. The lowest BCUT2D eigenvalue weighted by molar-refractivity contribution is -0.274. The zero-order valence-corrected chi connectivity index (χ0v) is 19.6. The summed E-state index contributed by atoms with van der Waals surface area (Å²) in [6, 6.07) is 9.48. The van der Waals surface area contributed by atoms with Gasteiger partial charge in [0.1, 0.15) is 18.1 Å². The molecule has 5 rings (SSSR count). The van der Waals surface area contributed by atoms with Crippen LogP contribution in [-0.2, 0) is 21.7 Å². The van der Waals surface area contributed by atoms with Crippen LogP contribution in [0.5, 0.6) is 5.75 Å². The Morgan fingerprint density at radius 3 is 2.78 bits per heavy atom. The lowest BCUT2D eigenvalue weighted by Gasteiger charge is -2.35. The number of rotatable bonds is 4. The summed E-state index contributed by atoms with van der Waals surface area (Å²) in [5.74, 6) is -1.68. The van der Waals surface area contributed by atoms with Crippen LogP contribution in [0.3, 0.4) is 0 Å². The van der Waals surface area contributed by atoms with Gasteiger partial charge in [-0.05, 0) is 24.3 Å². The van der Waals surface area contributed by atoms with Gasteiger partial charge in [-0.15, -0.1) is 13.2 Å². The molecule has 3 aromatic rings. The van der Waals surface area contributed by atoms with Crippen LogP contribution >= 0.6 is 11.6 Å². The molecule has 0 radical (unpaired) electrons. The first kappa shape index (κ1) is 24.7. The van der Waals surface area contributed by atoms with Crippen LogP contribution in [-0.4, -0.2) is 46.1 Å². The van der Waals surface area contributed by atoms with Gasteiger partial charge in [0.05, 0.1) is 28.5 Å². The Hall–Kier alpha value is -4.00. The van der Waals surface area contributed by atoms with Gasteiger partial charge in [0.25, 0.3) is 0 Å². The number of anilines is 2. The van der Waals surface area contributed by atoms with Crippen LogP contribution in [0.1, 0.15) is 12.0 Å². The predicted molar refractivity (Wildman–Crippen MR) is 123 cm³/mol. The molecule has 9 nitrogen and oxygen atoms in total. The van der Waals surface area contributed by atoms with E-state index in [1.165, 1.54) is 41.3 Å². The molecule has 2 amide bonds. The van der Waals surface area contributed by atoms with Crippen molar-refractivity contribution < 1.29 is 36.6 Å². The third-order valence-corrected chi connectivity index (χ3v) is 6.44. The number of nitrogens with two attached hydrogens (primary N) is 1. The van der Waals surface area contributed by atoms with E-state index >= 15 is 0 Å². The Morgan fingerprint density at radius 2 is 2.03 bits per heavy atom. The van der Waals surface area contributed by atoms with Gasteiger partial charge in [-0.25, -0.2) is 13.9 Å². The number of likely N-dealkylation sites (tertiary alicyclic amines) is 1. The number of nitrogens with zero attached hydrogens (tertiary/aromatic N) is 3. The van der Waals surface area contributed by atoms with Crippen molar-refractivity contribution >= 4 is 35.1 Å². The summed E-state index contributed by atoms with van der Waals surface area (Å²) in [5.41, 5.74) is 4.90. The second kappa shape index (κ2) is 8.83. The number of alkyl halides is 3. The summed E-state index contributed by atoms with van der Waals surface area (Å²) in [6.45, 7) is -0.366. The number of benzene rings is 2. The first-order valence-corrected chi connectivity index (χ1v) is 11.3. The third-order valence-electron chi connectivity index (χ3n) is 6.14. The SMILES string of the molecule is Nc1cc(-c2ccccc2OC(F)(F)F)nn1CC(=O)N1CC[C@@]2(C1)OC(=O)Nc1ccc(Cl)c(F)c12. The number of hydrogen-bond donors (Lipinski definition) is 2. The zero-order chi connectivity index (χ0) is 26.5. The maximum atomic E-state index is 15.0. The summed E-state index contributed by atoms with van der Waals surface area (Å²) in [7, 11) is 0. The molecule has 0 unspecified atom stereocenters. The van der Waals surface area contributed by atoms with Crippen LogP contribution in [0.15, 0.2) is 42.5 Å². The molecule has 37 heavy (non-hydrogen) atoms. The van der Waals surface area contributed by atoms with Crippen molar-refractivity contribution in [2.24, 2.45) is 0 Å². The van der Waals surface area contributed by atoms with Crippen LogP contribution < -0.4 is 15.8 Å². The highest BCUT2D eigenvalue weighted by Crippen LogP contribution is 2.45. The normalized spacial score (nSPS) is 18.9. The van der Waals surface area contributed by atoms with Crippen molar-refractivity contribution in [1.29, 1.82) is 0 Å². The first-order valence-electron chi connectivity index (χ1n) is 10.9. The molecule has 0 aliphatic carbocycles. The van der Waals surface area contributed by atoms with Gasteiger partial charge < -0.3 is 20.1 Å². The summed E-state index contributed by atoms with van der Waals surface area (Å²) in [6.07, 6.45) is -5.57. The predicted octanol–water partition coefficient (Wildman–Crippen LogP) is 4.51. The van der Waals surface area contributed by atoms with E-state index in [9.17, 15) is 27.2 Å². The number of nitrogen functional groups attached to an aromatic ring is 1. The number of para-hydroxylation sites is 1. The van der Waals surface area contributed by atoms with Crippen molar-refractivity contribution in [1.82, 2.24) is 14.7 Å². The van der Waals surface area contributed by atoms with Gasteiger partial charge in [-0.2, -0.15) is 5.10 Å². The van der Waals surface area contributed by atoms with Crippen LogP contribution in [0.25, 0.3) is 11.3 Å². The molecule has 1 aromatic heterocycles. The molecule has 1 fully saturated rings. The number of carbonyl (C=O) groups is 2. The molecule has 1 saturated heterocycles. The molecule has 2 aliphatic rings. The van der Waals surface area contributed by atoms with Gasteiger partial charge >= 0.3 is 12.5 Å². The number of nitrogens with one attached hydrogen (secondary N) is 1. The fourth-order valence-corrected chi connectivity index (χ4v) is 4.71. The smallest absolute Gasteiger partial charge is 0.436 e. The topological polar surface area (TPSA) is 112 Å².